The molecule has 47 heavy (non-hydrogen) atoms. The number of benzene rings is 2. The van der Waals surface area contributed by atoms with Gasteiger partial charge in [0, 0.05) is 18.2 Å². The number of nitrogens with one attached hydrogen (secondary N) is 3. The predicted molar refractivity (Wildman–Crippen MR) is 161 cm³/mol. The number of carboxylic acid groups (broad SMARTS) is 1. The van der Waals surface area contributed by atoms with Crippen molar-refractivity contribution in [3.63, 3.8) is 0 Å². The number of alkyl halides is 3. The molecular weight excluding hydrogens is 623 g/mol. The van der Waals surface area contributed by atoms with Crippen molar-refractivity contribution >= 4 is 35.2 Å². The van der Waals surface area contributed by atoms with E-state index in [-0.39, 0.29) is 30.7 Å². The summed E-state index contributed by atoms with van der Waals surface area (Å²) in [6, 6.07) is 14.9. The molecule has 2 aromatic heterocycles. The van der Waals surface area contributed by atoms with Crippen LogP contribution in [0.15, 0.2) is 73.1 Å². The van der Waals surface area contributed by atoms with Crippen LogP contribution >= 0.6 is 0 Å². The number of halogens is 3. The lowest BCUT2D eigenvalue weighted by molar-refractivity contribution is -0.652. The van der Waals surface area contributed by atoms with E-state index in [4.69, 9.17) is 14.6 Å². The number of carbonyl (C=O) groups is 4. The van der Waals surface area contributed by atoms with Gasteiger partial charge in [0.15, 0.2) is 5.69 Å². The average molecular weight is 658 g/mol. The lowest BCUT2D eigenvalue weighted by Crippen LogP contribution is -2.49. The minimum absolute atomic E-state index is 0.139. The first-order chi connectivity index (χ1) is 22.0. The number of fused-ring (bicyclic) bond motifs is 1. The minimum atomic E-state index is -5.08. The van der Waals surface area contributed by atoms with Crippen molar-refractivity contribution in [2.75, 3.05) is 5.32 Å². The standard InChI is InChI=1S/C30H33N5O5.C2HF3O2/c1-19(2)40-29(38)22-7-9-23(10-8-22)32-30(39)33-26(16-21-5-11-25(36)12-6-21)28(37)31-17-24-18-35-14-13-20(3)15-27(35)34(24)4;3-2(4,5)1(6)7/h5-15,18-19,26H,16-17H2,1-4H3,(H3-,31,32,33,36,37,38,39);(H,6,7)/t26-;/m0./s1. The molecule has 0 saturated carbocycles. The summed E-state index contributed by atoms with van der Waals surface area (Å²) in [5.74, 6) is -3.72. The number of nitrogens with zero attached hydrogens (tertiary/aromatic N) is 2. The van der Waals surface area contributed by atoms with E-state index >= 15 is 0 Å². The number of aliphatic carboxylic acids is 1. The Kier molecular flexibility index (Phi) is 11.9. The molecule has 0 saturated heterocycles. The number of imidazole rings is 1. The zero-order valence-electron chi connectivity index (χ0n) is 25.9. The molecular formula is C32H34F3N5O7. The van der Waals surface area contributed by atoms with Crippen molar-refractivity contribution < 1.29 is 51.9 Å². The smallest absolute Gasteiger partial charge is 0.490 e. The van der Waals surface area contributed by atoms with Crippen LogP contribution in [0.3, 0.4) is 0 Å². The van der Waals surface area contributed by atoms with Crippen LogP contribution in [0.2, 0.25) is 0 Å². The molecule has 4 rings (SSSR count). The number of aromatic nitrogens is 2. The van der Waals surface area contributed by atoms with Crippen molar-refractivity contribution in [2.45, 2.75) is 52.1 Å². The fraction of sp³-hybridized carbons (Fsp3) is 0.281. The second-order valence-electron chi connectivity index (χ2n) is 10.7. The number of ether oxygens (including phenoxy) is 1. The third-order valence-corrected chi connectivity index (χ3v) is 6.57. The molecule has 0 radical (unpaired) electrons. The number of hydrogen-bond donors (Lipinski definition) is 4. The van der Waals surface area contributed by atoms with Crippen LogP contribution in [0.4, 0.5) is 23.7 Å². The van der Waals surface area contributed by atoms with Crippen molar-refractivity contribution in [1.29, 1.82) is 0 Å². The summed E-state index contributed by atoms with van der Waals surface area (Å²) in [7, 11) is 1.93. The highest BCUT2D eigenvalue weighted by Gasteiger charge is 2.38. The third-order valence-electron chi connectivity index (χ3n) is 6.57. The van der Waals surface area contributed by atoms with Crippen molar-refractivity contribution in [3.8, 4) is 5.75 Å². The number of carbonyl (C=O) groups excluding carboxylic acids is 3. The van der Waals surface area contributed by atoms with Gasteiger partial charge in [0.1, 0.15) is 12.2 Å². The number of carboxylic acids is 1. The van der Waals surface area contributed by atoms with Crippen LogP contribution in [0.1, 0.15) is 41.0 Å². The summed E-state index contributed by atoms with van der Waals surface area (Å²) in [5.41, 5.74) is 4.52. The third kappa shape index (κ3) is 10.8. The molecule has 0 spiro atoms. The van der Waals surface area contributed by atoms with E-state index in [0.29, 0.717) is 11.3 Å². The summed E-state index contributed by atoms with van der Waals surface area (Å²) in [4.78, 5) is 47.1. The SMILES string of the molecule is Cc1ccn2cc(CNC(=O)[C@H](Cc3ccc([O-])cc3)NC(=O)Nc3ccc(C(=O)OC(C)C)cc3)[n+](C)c2c1.O=C(O)C(F)(F)F. The highest BCUT2D eigenvalue weighted by Crippen LogP contribution is 2.14. The fourth-order valence-corrected chi connectivity index (χ4v) is 4.21. The maximum Gasteiger partial charge on any atom is 0.490 e. The summed E-state index contributed by atoms with van der Waals surface area (Å²) >= 11 is 0. The van der Waals surface area contributed by atoms with Gasteiger partial charge in [-0.3, -0.25) is 4.79 Å². The largest absolute Gasteiger partial charge is 0.872 e. The van der Waals surface area contributed by atoms with Gasteiger partial charge in [0.2, 0.25) is 5.91 Å². The molecule has 3 amide bonds. The monoisotopic (exact) mass is 657 g/mol. The molecule has 0 aliphatic rings. The van der Waals surface area contributed by atoms with E-state index in [1.54, 1.807) is 50.2 Å². The molecule has 0 aliphatic carbocycles. The number of anilines is 1. The normalized spacial score (nSPS) is 11.7. The Balaban J connectivity index is 0.000000771. The molecule has 0 fully saturated rings. The number of aryl methyl sites for hydroxylation is 2. The quantitative estimate of drug-likeness (QED) is 0.158. The first-order valence-electron chi connectivity index (χ1n) is 14.2. The molecule has 0 aliphatic heterocycles. The lowest BCUT2D eigenvalue weighted by Gasteiger charge is -2.19. The molecule has 0 unspecified atom stereocenters. The van der Waals surface area contributed by atoms with Crippen LogP contribution in [-0.2, 0) is 34.3 Å². The molecule has 0 bridgehead atoms. The maximum atomic E-state index is 13.3. The first kappa shape index (κ1) is 35.9. The van der Waals surface area contributed by atoms with Crippen LogP contribution in [0.25, 0.3) is 5.65 Å². The van der Waals surface area contributed by atoms with Gasteiger partial charge in [-0.25, -0.2) is 23.4 Å². The Morgan fingerprint density at radius 1 is 1.02 bits per heavy atom. The maximum absolute atomic E-state index is 13.3. The van der Waals surface area contributed by atoms with Gasteiger partial charge in [0.25, 0.3) is 5.65 Å². The Morgan fingerprint density at radius 2 is 1.64 bits per heavy atom. The van der Waals surface area contributed by atoms with Gasteiger partial charge in [-0.05, 0) is 62.2 Å². The van der Waals surface area contributed by atoms with Crippen LogP contribution in [-0.4, -0.2) is 51.7 Å². The molecule has 250 valence electrons. The molecule has 2 aromatic carbocycles. The Labute approximate surface area is 267 Å². The summed E-state index contributed by atoms with van der Waals surface area (Å²) in [6.07, 6.45) is -1.24. The summed E-state index contributed by atoms with van der Waals surface area (Å²) in [5, 5.41) is 27.0. The number of pyridine rings is 1. The zero-order chi connectivity index (χ0) is 34.9. The molecule has 4 N–H and O–H groups in total. The fourth-order valence-electron chi connectivity index (χ4n) is 4.21. The van der Waals surface area contributed by atoms with Gasteiger partial charge >= 0.3 is 24.1 Å². The second kappa shape index (κ2) is 15.6. The predicted octanol–water partition coefficient (Wildman–Crippen LogP) is 3.39. The molecule has 2 heterocycles. The Morgan fingerprint density at radius 3 is 2.21 bits per heavy atom. The van der Waals surface area contributed by atoms with E-state index in [2.05, 4.69) is 22.0 Å². The summed E-state index contributed by atoms with van der Waals surface area (Å²) < 4.78 is 40.9. The van der Waals surface area contributed by atoms with Gasteiger partial charge in [-0.2, -0.15) is 13.2 Å². The van der Waals surface area contributed by atoms with Crippen LogP contribution < -0.4 is 25.6 Å². The van der Waals surface area contributed by atoms with Gasteiger partial charge < -0.3 is 30.9 Å². The highest BCUT2D eigenvalue weighted by atomic mass is 19.4. The van der Waals surface area contributed by atoms with Gasteiger partial charge in [0.05, 0.1) is 31.5 Å². The van der Waals surface area contributed by atoms with E-state index in [1.807, 2.05) is 41.4 Å². The molecule has 4 aromatic rings. The van der Waals surface area contributed by atoms with Gasteiger partial charge in [-0.15, -0.1) is 5.75 Å². The van der Waals surface area contributed by atoms with Crippen LogP contribution in [0.5, 0.6) is 5.75 Å². The van der Waals surface area contributed by atoms with Gasteiger partial charge in [-0.1, -0.05) is 24.3 Å². The van der Waals surface area contributed by atoms with E-state index in [9.17, 15) is 32.7 Å². The molecule has 15 heteroatoms. The number of rotatable bonds is 9. The second-order valence-corrected chi connectivity index (χ2v) is 10.7. The zero-order valence-corrected chi connectivity index (χ0v) is 25.9. The number of amides is 3. The topological polar surface area (TPSA) is 165 Å². The van der Waals surface area contributed by atoms with E-state index in [1.165, 1.54) is 12.1 Å². The number of hydrogen-bond acceptors (Lipinski definition) is 6. The van der Waals surface area contributed by atoms with Crippen molar-refractivity contribution in [1.82, 2.24) is 15.0 Å². The number of esters is 1. The lowest BCUT2D eigenvalue weighted by atomic mass is 10.1. The van der Waals surface area contributed by atoms with E-state index in [0.717, 1.165) is 22.5 Å². The highest BCUT2D eigenvalue weighted by molar-refractivity contribution is 5.95. The Hall–Kier alpha value is -5.60. The van der Waals surface area contributed by atoms with Crippen LogP contribution in [0, 0.1) is 6.92 Å². The summed E-state index contributed by atoms with van der Waals surface area (Å²) in [6.45, 7) is 5.80. The van der Waals surface area contributed by atoms with Crippen molar-refractivity contribution in [2.24, 2.45) is 7.05 Å². The number of urea groups is 1. The Bertz CT molecular complexity index is 1720. The molecule has 12 nitrogen and oxygen atoms in total. The van der Waals surface area contributed by atoms with Crippen molar-refractivity contribution in [3.05, 3.63) is 95.4 Å². The first-order valence-corrected chi connectivity index (χ1v) is 14.2. The molecule has 1 atom stereocenters. The van der Waals surface area contributed by atoms with E-state index < -0.39 is 30.2 Å². The average Bonchev–Trinajstić information content (AvgIpc) is 3.30. The minimum Gasteiger partial charge on any atom is -0.872 e.